The molecule has 0 saturated carbocycles. The van der Waals surface area contributed by atoms with Gasteiger partial charge in [-0.05, 0) is 6.92 Å². The highest BCUT2D eigenvalue weighted by Gasteiger charge is 2.26. The van der Waals surface area contributed by atoms with E-state index in [1.807, 2.05) is 6.92 Å². The SMILES string of the molecule is CCNc1cncc(NCCC(F)(F)F)n1. The molecule has 90 valence electrons. The predicted octanol–water partition coefficient (Wildman–Crippen LogP) is 2.27. The number of hydrogen-bond acceptors (Lipinski definition) is 4. The summed E-state index contributed by atoms with van der Waals surface area (Å²) in [6.45, 7) is 2.37. The van der Waals surface area contributed by atoms with Crippen molar-refractivity contribution in [2.75, 3.05) is 23.7 Å². The molecular formula is C9H13F3N4. The van der Waals surface area contributed by atoms with Crippen LogP contribution >= 0.6 is 0 Å². The third-order valence-corrected chi connectivity index (χ3v) is 1.71. The second kappa shape index (κ2) is 5.53. The van der Waals surface area contributed by atoms with Gasteiger partial charge >= 0.3 is 6.18 Å². The first kappa shape index (κ1) is 12.5. The summed E-state index contributed by atoms with van der Waals surface area (Å²) in [4.78, 5) is 7.88. The number of nitrogens with zero attached hydrogens (tertiary/aromatic N) is 2. The monoisotopic (exact) mass is 234 g/mol. The molecule has 1 heterocycles. The maximum atomic E-state index is 11.9. The lowest BCUT2D eigenvalue weighted by molar-refractivity contribution is -0.131. The lowest BCUT2D eigenvalue weighted by Crippen LogP contribution is -2.15. The number of nitrogens with one attached hydrogen (secondary N) is 2. The topological polar surface area (TPSA) is 49.8 Å². The standard InChI is InChI=1S/C9H13F3N4/c1-2-14-7-5-13-6-8(16-7)15-4-3-9(10,11)12/h5-6H,2-4H2,1H3,(H2,14,15,16). The van der Waals surface area contributed by atoms with Crippen LogP contribution in [0.5, 0.6) is 0 Å². The fourth-order valence-electron chi connectivity index (χ4n) is 1.05. The van der Waals surface area contributed by atoms with Gasteiger partial charge in [-0.3, -0.25) is 4.98 Å². The van der Waals surface area contributed by atoms with E-state index in [-0.39, 0.29) is 6.54 Å². The van der Waals surface area contributed by atoms with Crippen molar-refractivity contribution in [3.63, 3.8) is 0 Å². The molecule has 0 atom stereocenters. The number of alkyl halides is 3. The third kappa shape index (κ3) is 4.81. The Hall–Kier alpha value is -1.53. The number of aromatic nitrogens is 2. The molecule has 0 radical (unpaired) electrons. The molecule has 0 aliphatic rings. The molecule has 0 unspecified atom stereocenters. The van der Waals surface area contributed by atoms with Crippen LogP contribution in [0.25, 0.3) is 0 Å². The molecule has 2 N–H and O–H groups in total. The van der Waals surface area contributed by atoms with E-state index in [0.29, 0.717) is 18.2 Å². The number of halogens is 3. The van der Waals surface area contributed by atoms with Crippen molar-refractivity contribution in [2.24, 2.45) is 0 Å². The van der Waals surface area contributed by atoms with Crippen LogP contribution in [0, 0.1) is 0 Å². The molecule has 1 aromatic rings. The van der Waals surface area contributed by atoms with Crippen molar-refractivity contribution in [3.05, 3.63) is 12.4 Å². The fourth-order valence-corrected chi connectivity index (χ4v) is 1.05. The second-order valence-corrected chi connectivity index (χ2v) is 3.11. The molecule has 0 fully saturated rings. The van der Waals surface area contributed by atoms with Crippen molar-refractivity contribution in [1.29, 1.82) is 0 Å². The molecule has 4 nitrogen and oxygen atoms in total. The Kier molecular flexibility index (Phi) is 4.33. The van der Waals surface area contributed by atoms with Gasteiger partial charge in [-0.25, -0.2) is 4.98 Å². The minimum Gasteiger partial charge on any atom is -0.369 e. The van der Waals surface area contributed by atoms with Crippen LogP contribution < -0.4 is 10.6 Å². The van der Waals surface area contributed by atoms with Gasteiger partial charge in [0.25, 0.3) is 0 Å². The summed E-state index contributed by atoms with van der Waals surface area (Å²) < 4.78 is 35.6. The lowest BCUT2D eigenvalue weighted by Gasteiger charge is -2.09. The third-order valence-electron chi connectivity index (χ3n) is 1.71. The molecule has 0 saturated heterocycles. The molecule has 0 spiro atoms. The van der Waals surface area contributed by atoms with Crippen LogP contribution in [-0.4, -0.2) is 29.2 Å². The summed E-state index contributed by atoms with van der Waals surface area (Å²) in [6.07, 6.45) is -2.14. The normalized spacial score (nSPS) is 11.2. The fraction of sp³-hybridized carbons (Fsp3) is 0.556. The first-order chi connectivity index (χ1) is 7.51. The van der Waals surface area contributed by atoms with Crippen LogP contribution in [-0.2, 0) is 0 Å². The number of rotatable bonds is 5. The summed E-state index contributed by atoms with van der Waals surface area (Å²) in [5.41, 5.74) is 0. The maximum absolute atomic E-state index is 11.9. The highest BCUT2D eigenvalue weighted by molar-refractivity contribution is 5.41. The van der Waals surface area contributed by atoms with Gasteiger partial charge in [0.2, 0.25) is 0 Å². The van der Waals surface area contributed by atoms with Crippen LogP contribution in [0.1, 0.15) is 13.3 Å². The highest BCUT2D eigenvalue weighted by Crippen LogP contribution is 2.19. The van der Waals surface area contributed by atoms with E-state index in [1.165, 1.54) is 12.4 Å². The lowest BCUT2D eigenvalue weighted by atomic mass is 10.4. The molecule has 16 heavy (non-hydrogen) atoms. The van der Waals surface area contributed by atoms with Gasteiger partial charge in [-0.15, -0.1) is 0 Å². The molecular weight excluding hydrogens is 221 g/mol. The zero-order chi connectivity index (χ0) is 12.0. The van der Waals surface area contributed by atoms with Crippen molar-refractivity contribution < 1.29 is 13.2 Å². The Morgan fingerprint density at radius 1 is 1.19 bits per heavy atom. The smallest absolute Gasteiger partial charge is 0.369 e. The van der Waals surface area contributed by atoms with E-state index >= 15 is 0 Å². The molecule has 7 heteroatoms. The summed E-state index contributed by atoms with van der Waals surface area (Å²) in [5.74, 6) is 0.877. The minimum atomic E-state index is -4.15. The van der Waals surface area contributed by atoms with E-state index in [9.17, 15) is 13.2 Å². The van der Waals surface area contributed by atoms with Crippen LogP contribution in [0.3, 0.4) is 0 Å². The van der Waals surface area contributed by atoms with Gasteiger partial charge < -0.3 is 10.6 Å². The van der Waals surface area contributed by atoms with E-state index in [2.05, 4.69) is 20.6 Å². The summed E-state index contributed by atoms with van der Waals surface area (Å²) in [6, 6.07) is 0. The zero-order valence-electron chi connectivity index (χ0n) is 8.80. The van der Waals surface area contributed by atoms with Gasteiger partial charge in [0.15, 0.2) is 0 Å². The maximum Gasteiger partial charge on any atom is 0.390 e. The predicted molar refractivity (Wildman–Crippen MR) is 55.4 cm³/mol. The Balaban J connectivity index is 2.44. The zero-order valence-corrected chi connectivity index (χ0v) is 8.80. The molecule has 0 aliphatic carbocycles. The first-order valence-corrected chi connectivity index (χ1v) is 4.88. The number of anilines is 2. The summed E-state index contributed by atoms with van der Waals surface area (Å²) >= 11 is 0. The summed E-state index contributed by atoms with van der Waals surface area (Å²) in [5, 5.41) is 5.49. The van der Waals surface area contributed by atoms with Gasteiger partial charge in [0.1, 0.15) is 11.6 Å². The molecule has 1 aromatic heterocycles. The highest BCUT2D eigenvalue weighted by atomic mass is 19.4. The number of hydrogen-bond donors (Lipinski definition) is 2. The van der Waals surface area contributed by atoms with Gasteiger partial charge in [0, 0.05) is 13.1 Å². The minimum absolute atomic E-state index is 0.201. The molecule has 1 rings (SSSR count). The first-order valence-electron chi connectivity index (χ1n) is 4.88. The van der Waals surface area contributed by atoms with E-state index in [0.717, 1.165) is 0 Å². The van der Waals surface area contributed by atoms with Crippen molar-refractivity contribution >= 4 is 11.6 Å². The van der Waals surface area contributed by atoms with E-state index in [1.54, 1.807) is 0 Å². The second-order valence-electron chi connectivity index (χ2n) is 3.11. The van der Waals surface area contributed by atoms with E-state index < -0.39 is 12.6 Å². The molecule has 0 aromatic carbocycles. The average Bonchev–Trinajstić information content (AvgIpc) is 2.17. The summed E-state index contributed by atoms with van der Waals surface area (Å²) in [7, 11) is 0. The Morgan fingerprint density at radius 3 is 2.38 bits per heavy atom. The van der Waals surface area contributed by atoms with Crippen molar-refractivity contribution in [2.45, 2.75) is 19.5 Å². The average molecular weight is 234 g/mol. The molecule has 0 amide bonds. The van der Waals surface area contributed by atoms with Crippen molar-refractivity contribution in [3.8, 4) is 0 Å². The van der Waals surface area contributed by atoms with E-state index in [4.69, 9.17) is 0 Å². The van der Waals surface area contributed by atoms with Crippen LogP contribution in [0.2, 0.25) is 0 Å². The largest absolute Gasteiger partial charge is 0.390 e. The van der Waals surface area contributed by atoms with Gasteiger partial charge in [0.05, 0.1) is 18.8 Å². The molecule has 0 bridgehead atoms. The van der Waals surface area contributed by atoms with Crippen LogP contribution in [0.4, 0.5) is 24.8 Å². The Morgan fingerprint density at radius 2 is 1.81 bits per heavy atom. The Labute approximate surface area is 91.3 Å². The molecule has 0 aliphatic heterocycles. The van der Waals surface area contributed by atoms with Crippen LogP contribution in [0.15, 0.2) is 12.4 Å². The van der Waals surface area contributed by atoms with Crippen molar-refractivity contribution in [1.82, 2.24) is 9.97 Å². The Bertz CT molecular complexity index is 327. The quantitative estimate of drug-likeness (QED) is 0.820. The van der Waals surface area contributed by atoms with Gasteiger partial charge in [-0.2, -0.15) is 13.2 Å². The van der Waals surface area contributed by atoms with Gasteiger partial charge in [-0.1, -0.05) is 0 Å².